The van der Waals surface area contributed by atoms with E-state index < -0.39 is 5.82 Å². The fraction of sp³-hybridized carbons (Fsp3) is 0.143. The molecule has 4 nitrogen and oxygen atoms in total. The van der Waals surface area contributed by atoms with Gasteiger partial charge in [0.25, 0.3) is 0 Å². The average molecular weight is 259 g/mol. The second kappa shape index (κ2) is 5.48. The summed E-state index contributed by atoms with van der Waals surface area (Å²) >= 11 is 0. The molecule has 0 unspecified atom stereocenters. The number of methoxy groups -OCH3 is 1. The van der Waals surface area contributed by atoms with Crippen molar-refractivity contribution in [3.05, 3.63) is 53.6 Å². The molecule has 0 aliphatic heterocycles. The standard InChI is InChI=1S/C14H14FN3O/c1-9-4-3-5-12(17-9)14(16)18-10-6-7-13(19-2)11(15)8-10/h3-8H,1-2H3,(H2,16,18). The molecule has 2 N–H and O–H groups in total. The van der Waals surface area contributed by atoms with Crippen LogP contribution in [-0.4, -0.2) is 17.9 Å². The van der Waals surface area contributed by atoms with Gasteiger partial charge in [0.2, 0.25) is 0 Å². The van der Waals surface area contributed by atoms with E-state index in [1.807, 2.05) is 19.1 Å². The van der Waals surface area contributed by atoms with Gasteiger partial charge in [0.05, 0.1) is 12.8 Å². The number of aromatic nitrogens is 1. The third kappa shape index (κ3) is 3.07. The molecule has 0 radical (unpaired) electrons. The number of aliphatic imine (C=N–C) groups is 1. The molecule has 0 aliphatic rings. The number of halogens is 1. The zero-order valence-corrected chi connectivity index (χ0v) is 10.7. The minimum atomic E-state index is -0.478. The summed E-state index contributed by atoms with van der Waals surface area (Å²) in [7, 11) is 1.41. The van der Waals surface area contributed by atoms with Crippen LogP contribution < -0.4 is 10.5 Å². The molecule has 98 valence electrons. The van der Waals surface area contributed by atoms with Gasteiger partial charge in [-0.3, -0.25) is 0 Å². The van der Waals surface area contributed by atoms with Gasteiger partial charge in [0.1, 0.15) is 11.5 Å². The smallest absolute Gasteiger partial charge is 0.167 e. The van der Waals surface area contributed by atoms with Crippen molar-refractivity contribution in [3.63, 3.8) is 0 Å². The molecule has 0 fully saturated rings. The number of ether oxygens (including phenoxy) is 1. The number of benzene rings is 1. The van der Waals surface area contributed by atoms with Crippen LogP contribution in [0.4, 0.5) is 10.1 Å². The van der Waals surface area contributed by atoms with Crippen molar-refractivity contribution in [3.8, 4) is 5.75 Å². The fourth-order valence-corrected chi connectivity index (χ4v) is 1.61. The molecule has 1 heterocycles. The Morgan fingerprint density at radius 2 is 2.11 bits per heavy atom. The van der Waals surface area contributed by atoms with Crippen molar-refractivity contribution in [2.45, 2.75) is 6.92 Å². The van der Waals surface area contributed by atoms with Crippen LogP contribution in [0.3, 0.4) is 0 Å². The van der Waals surface area contributed by atoms with E-state index in [0.29, 0.717) is 11.4 Å². The summed E-state index contributed by atoms with van der Waals surface area (Å²) < 4.78 is 18.4. The number of rotatable bonds is 3. The lowest BCUT2D eigenvalue weighted by atomic mass is 10.2. The number of pyridine rings is 1. The molecule has 0 saturated heterocycles. The van der Waals surface area contributed by atoms with E-state index in [9.17, 15) is 4.39 Å². The molecule has 1 aromatic carbocycles. The fourth-order valence-electron chi connectivity index (χ4n) is 1.61. The minimum absolute atomic E-state index is 0.172. The molecule has 0 aliphatic carbocycles. The van der Waals surface area contributed by atoms with Gasteiger partial charge in [-0.1, -0.05) is 6.07 Å². The van der Waals surface area contributed by atoms with Gasteiger partial charge in [0.15, 0.2) is 11.6 Å². The van der Waals surface area contributed by atoms with Crippen molar-refractivity contribution in [2.75, 3.05) is 7.11 Å². The maximum absolute atomic E-state index is 13.5. The first-order chi connectivity index (χ1) is 9.10. The first kappa shape index (κ1) is 13.0. The summed E-state index contributed by atoms with van der Waals surface area (Å²) in [5.41, 5.74) is 7.68. The third-order valence-electron chi connectivity index (χ3n) is 2.54. The lowest BCUT2D eigenvalue weighted by Crippen LogP contribution is -2.14. The highest BCUT2D eigenvalue weighted by atomic mass is 19.1. The Morgan fingerprint density at radius 1 is 1.32 bits per heavy atom. The number of hydrogen-bond acceptors (Lipinski definition) is 3. The summed E-state index contributed by atoms with van der Waals surface area (Å²) in [4.78, 5) is 8.39. The average Bonchev–Trinajstić information content (AvgIpc) is 2.39. The Labute approximate surface area is 110 Å². The Morgan fingerprint density at radius 3 is 2.74 bits per heavy atom. The molecule has 5 heteroatoms. The highest BCUT2D eigenvalue weighted by Gasteiger charge is 2.05. The van der Waals surface area contributed by atoms with Crippen LogP contribution >= 0.6 is 0 Å². The molecule has 2 rings (SSSR count). The Balaban J connectivity index is 2.33. The molecular weight excluding hydrogens is 245 g/mol. The summed E-state index contributed by atoms with van der Waals surface area (Å²) in [5.74, 6) is -0.0618. The van der Waals surface area contributed by atoms with Crippen LogP contribution in [0.1, 0.15) is 11.4 Å². The zero-order valence-electron chi connectivity index (χ0n) is 10.7. The molecule has 0 saturated carbocycles. The van der Waals surface area contributed by atoms with E-state index in [4.69, 9.17) is 10.5 Å². The summed E-state index contributed by atoms with van der Waals surface area (Å²) in [6, 6.07) is 9.86. The molecule has 19 heavy (non-hydrogen) atoms. The maximum atomic E-state index is 13.5. The van der Waals surface area contributed by atoms with Crippen LogP contribution in [0.5, 0.6) is 5.75 Å². The molecule has 0 spiro atoms. The Hall–Kier alpha value is -2.43. The van der Waals surface area contributed by atoms with Crippen molar-refractivity contribution >= 4 is 11.5 Å². The van der Waals surface area contributed by atoms with Gasteiger partial charge in [-0.25, -0.2) is 14.4 Å². The van der Waals surface area contributed by atoms with Gasteiger partial charge in [0, 0.05) is 11.8 Å². The molecule has 0 amide bonds. The van der Waals surface area contributed by atoms with Crippen molar-refractivity contribution in [1.82, 2.24) is 4.98 Å². The first-order valence-electron chi connectivity index (χ1n) is 5.72. The Kier molecular flexibility index (Phi) is 3.75. The summed E-state index contributed by atoms with van der Waals surface area (Å²) in [5, 5.41) is 0. The van der Waals surface area contributed by atoms with Gasteiger partial charge in [-0.05, 0) is 31.2 Å². The lowest BCUT2D eigenvalue weighted by Gasteiger charge is -2.04. The van der Waals surface area contributed by atoms with E-state index in [1.54, 1.807) is 12.1 Å². The SMILES string of the molecule is COc1ccc(N=C(N)c2cccc(C)n2)cc1F. The second-order valence-electron chi connectivity index (χ2n) is 3.98. The lowest BCUT2D eigenvalue weighted by molar-refractivity contribution is 0.386. The van der Waals surface area contributed by atoms with E-state index in [2.05, 4.69) is 9.98 Å². The highest BCUT2D eigenvalue weighted by Crippen LogP contribution is 2.22. The predicted molar refractivity (Wildman–Crippen MR) is 72.3 cm³/mol. The molecule has 0 bridgehead atoms. The van der Waals surface area contributed by atoms with Gasteiger partial charge in [-0.15, -0.1) is 0 Å². The van der Waals surface area contributed by atoms with Crippen molar-refractivity contribution < 1.29 is 9.13 Å². The third-order valence-corrected chi connectivity index (χ3v) is 2.54. The summed E-state index contributed by atoms with van der Waals surface area (Å²) in [6.45, 7) is 1.86. The van der Waals surface area contributed by atoms with E-state index in [1.165, 1.54) is 19.2 Å². The van der Waals surface area contributed by atoms with Crippen molar-refractivity contribution in [2.24, 2.45) is 10.7 Å². The quantitative estimate of drug-likeness (QED) is 0.680. The molecular formula is C14H14FN3O. The van der Waals surface area contributed by atoms with Gasteiger partial charge >= 0.3 is 0 Å². The largest absolute Gasteiger partial charge is 0.494 e. The van der Waals surface area contributed by atoms with E-state index in [-0.39, 0.29) is 11.6 Å². The van der Waals surface area contributed by atoms with Gasteiger partial charge in [-0.2, -0.15) is 0 Å². The van der Waals surface area contributed by atoms with Crippen LogP contribution in [-0.2, 0) is 0 Å². The van der Waals surface area contributed by atoms with E-state index in [0.717, 1.165) is 5.69 Å². The topological polar surface area (TPSA) is 60.5 Å². The first-order valence-corrected chi connectivity index (χ1v) is 5.72. The monoisotopic (exact) mass is 259 g/mol. The molecule has 2 aromatic rings. The maximum Gasteiger partial charge on any atom is 0.167 e. The number of aryl methyl sites for hydroxylation is 1. The number of hydrogen-bond donors (Lipinski definition) is 1. The minimum Gasteiger partial charge on any atom is -0.494 e. The van der Waals surface area contributed by atoms with E-state index >= 15 is 0 Å². The molecule has 0 atom stereocenters. The van der Waals surface area contributed by atoms with Crippen LogP contribution in [0.25, 0.3) is 0 Å². The number of amidine groups is 1. The summed E-state index contributed by atoms with van der Waals surface area (Å²) in [6.07, 6.45) is 0. The number of nitrogens with two attached hydrogens (primary N) is 1. The Bertz CT molecular complexity index is 626. The van der Waals surface area contributed by atoms with Crippen LogP contribution in [0.15, 0.2) is 41.4 Å². The zero-order chi connectivity index (χ0) is 13.8. The second-order valence-corrected chi connectivity index (χ2v) is 3.98. The molecule has 1 aromatic heterocycles. The van der Waals surface area contributed by atoms with Crippen LogP contribution in [0, 0.1) is 12.7 Å². The van der Waals surface area contributed by atoms with Gasteiger partial charge < -0.3 is 10.5 Å². The van der Waals surface area contributed by atoms with Crippen LogP contribution in [0.2, 0.25) is 0 Å². The number of nitrogens with zero attached hydrogens (tertiary/aromatic N) is 2. The van der Waals surface area contributed by atoms with Crippen molar-refractivity contribution in [1.29, 1.82) is 0 Å². The highest BCUT2D eigenvalue weighted by molar-refractivity contribution is 5.97. The predicted octanol–water partition coefficient (Wildman–Crippen LogP) is 2.57. The normalized spacial score (nSPS) is 11.4.